The lowest BCUT2D eigenvalue weighted by atomic mass is 10.0. The third-order valence-corrected chi connectivity index (χ3v) is 4.63. The van der Waals surface area contributed by atoms with Gasteiger partial charge in [-0.3, -0.25) is 14.9 Å². The number of carbonyl (C=O) groups excluding carboxylic acids is 1. The fourth-order valence-corrected chi connectivity index (χ4v) is 3.36. The molecule has 3 rings (SSSR count). The van der Waals surface area contributed by atoms with Crippen molar-refractivity contribution < 1.29 is 14.5 Å². The molecule has 130 valence electrons. The lowest BCUT2D eigenvalue weighted by molar-refractivity contribution is -0.385. The summed E-state index contributed by atoms with van der Waals surface area (Å²) in [5, 5.41) is 11.0. The molecule has 1 fully saturated rings. The minimum absolute atomic E-state index is 0.00176. The van der Waals surface area contributed by atoms with Gasteiger partial charge in [0.2, 0.25) is 0 Å². The Morgan fingerprint density at radius 2 is 2.08 bits per heavy atom. The summed E-state index contributed by atoms with van der Waals surface area (Å²) in [5.74, 6) is 0.672. The Labute approximate surface area is 146 Å². The van der Waals surface area contributed by atoms with Gasteiger partial charge in [-0.2, -0.15) is 0 Å². The summed E-state index contributed by atoms with van der Waals surface area (Å²) >= 11 is 0. The average Bonchev–Trinajstić information content (AvgIpc) is 3.10. The average molecular weight is 340 g/mol. The predicted molar refractivity (Wildman–Crippen MR) is 93.8 cm³/mol. The highest BCUT2D eigenvalue weighted by atomic mass is 16.6. The molecule has 1 unspecified atom stereocenters. The van der Waals surface area contributed by atoms with Crippen molar-refractivity contribution in [2.75, 3.05) is 13.7 Å². The van der Waals surface area contributed by atoms with Gasteiger partial charge in [0.25, 0.3) is 11.6 Å². The number of nitro groups is 1. The van der Waals surface area contributed by atoms with Crippen molar-refractivity contribution >= 4 is 11.6 Å². The first-order valence-corrected chi connectivity index (χ1v) is 8.21. The SMILES string of the molecule is COc1cccc(C2CCCN2C(=O)c2ccc([N+](=O)[O-])c(C)c2)c1. The zero-order valence-corrected chi connectivity index (χ0v) is 14.3. The van der Waals surface area contributed by atoms with Crippen molar-refractivity contribution in [3.05, 3.63) is 69.3 Å². The third-order valence-electron chi connectivity index (χ3n) is 4.63. The largest absolute Gasteiger partial charge is 0.497 e. The molecule has 0 bridgehead atoms. The molecule has 6 heteroatoms. The molecule has 0 aliphatic carbocycles. The summed E-state index contributed by atoms with van der Waals surface area (Å²) in [4.78, 5) is 25.3. The Morgan fingerprint density at radius 1 is 1.28 bits per heavy atom. The molecule has 2 aromatic rings. The van der Waals surface area contributed by atoms with E-state index < -0.39 is 4.92 Å². The van der Waals surface area contributed by atoms with Crippen LogP contribution in [0.15, 0.2) is 42.5 Å². The summed E-state index contributed by atoms with van der Waals surface area (Å²) in [6.45, 7) is 2.33. The Bertz CT molecular complexity index is 819. The van der Waals surface area contributed by atoms with Crippen LogP contribution in [0.4, 0.5) is 5.69 Å². The number of amides is 1. The minimum Gasteiger partial charge on any atom is -0.497 e. The van der Waals surface area contributed by atoms with Gasteiger partial charge in [0.05, 0.1) is 18.1 Å². The zero-order chi connectivity index (χ0) is 18.0. The van der Waals surface area contributed by atoms with Gasteiger partial charge in [0.1, 0.15) is 5.75 Å². The number of ether oxygens (including phenoxy) is 1. The summed E-state index contributed by atoms with van der Waals surface area (Å²) in [6, 6.07) is 12.3. The van der Waals surface area contributed by atoms with Crippen LogP contribution in [0.25, 0.3) is 0 Å². The maximum atomic E-state index is 12.9. The molecule has 1 heterocycles. The molecule has 6 nitrogen and oxygen atoms in total. The number of hydrogen-bond acceptors (Lipinski definition) is 4. The highest BCUT2D eigenvalue weighted by Crippen LogP contribution is 2.35. The van der Waals surface area contributed by atoms with Crippen LogP contribution in [0.3, 0.4) is 0 Å². The number of nitrogens with zero attached hydrogens (tertiary/aromatic N) is 2. The lowest BCUT2D eigenvalue weighted by Crippen LogP contribution is -2.30. The number of aryl methyl sites for hydroxylation is 1. The van der Waals surface area contributed by atoms with E-state index in [0.29, 0.717) is 17.7 Å². The lowest BCUT2D eigenvalue weighted by Gasteiger charge is -2.25. The van der Waals surface area contributed by atoms with E-state index in [0.717, 1.165) is 24.2 Å². The molecule has 1 atom stereocenters. The standard InChI is InChI=1S/C19H20N2O4/c1-13-11-15(8-9-17(13)21(23)24)19(22)20-10-4-7-18(20)14-5-3-6-16(12-14)25-2/h3,5-6,8-9,11-12,18H,4,7,10H2,1-2H3. The molecule has 0 saturated carbocycles. The van der Waals surface area contributed by atoms with Crippen LogP contribution in [-0.2, 0) is 0 Å². The number of methoxy groups -OCH3 is 1. The maximum absolute atomic E-state index is 12.9. The molecule has 25 heavy (non-hydrogen) atoms. The molecule has 2 aromatic carbocycles. The van der Waals surface area contributed by atoms with Gasteiger partial charge >= 0.3 is 0 Å². The number of rotatable bonds is 4. The van der Waals surface area contributed by atoms with Crippen molar-refractivity contribution in [3.8, 4) is 5.75 Å². The quantitative estimate of drug-likeness (QED) is 0.625. The molecule has 0 aromatic heterocycles. The van der Waals surface area contributed by atoms with Crippen molar-refractivity contribution in [1.82, 2.24) is 4.90 Å². The van der Waals surface area contributed by atoms with Crippen LogP contribution >= 0.6 is 0 Å². The second kappa shape index (κ2) is 6.93. The molecule has 0 spiro atoms. The van der Waals surface area contributed by atoms with Gasteiger partial charge in [0.15, 0.2) is 0 Å². The molecule has 0 N–H and O–H groups in total. The predicted octanol–water partition coefficient (Wildman–Crippen LogP) is 3.89. The van der Waals surface area contributed by atoms with Gasteiger partial charge in [-0.05, 0) is 49.6 Å². The first-order valence-electron chi connectivity index (χ1n) is 8.21. The van der Waals surface area contributed by atoms with Crippen molar-refractivity contribution in [2.24, 2.45) is 0 Å². The summed E-state index contributed by atoms with van der Waals surface area (Å²) in [7, 11) is 1.62. The van der Waals surface area contributed by atoms with Crippen molar-refractivity contribution in [2.45, 2.75) is 25.8 Å². The van der Waals surface area contributed by atoms with Crippen molar-refractivity contribution in [1.29, 1.82) is 0 Å². The minimum atomic E-state index is -0.432. The van der Waals surface area contributed by atoms with Crippen LogP contribution in [0.1, 0.15) is 40.4 Å². The van der Waals surface area contributed by atoms with Crippen molar-refractivity contribution in [3.63, 3.8) is 0 Å². The Kier molecular flexibility index (Phi) is 4.70. The number of hydrogen-bond donors (Lipinski definition) is 0. The maximum Gasteiger partial charge on any atom is 0.272 e. The van der Waals surface area contributed by atoms with E-state index in [-0.39, 0.29) is 17.6 Å². The topological polar surface area (TPSA) is 72.7 Å². The molecule has 1 aliphatic rings. The highest BCUT2D eigenvalue weighted by molar-refractivity contribution is 5.95. The van der Waals surface area contributed by atoms with E-state index >= 15 is 0 Å². The Morgan fingerprint density at radius 3 is 2.76 bits per heavy atom. The van der Waals surface area contributed by atoms with E-state index in [2.05, 4.69) is 0 Å². The molecular formula is C19H20N2O4. The molecule has 1 saturated heterocycles. The van der Waals surface area contributed by atoms with Crippen LogP contribution in [0.2, 0.25) is 0 Å². The van der Waals surface area contributed by atoms with Crippen LogP contribution in [0.5, 0.6) is 5.75 Å². The van der Waals surface area contributed by atoms with Gasteiger partial charge < -0.3 is 9.64 Å². The first-order chi connectivity index (χ1) is 12.0. The normalized spacial score (nSPS) is 16.7. The first kappa shape index (κ1) is 17.0. The van der Waals surface area contributed by atoms with E-state index in [1.54, 1.807) is 20.1 Å². The fraction of sp³-hybridized carbons (Fsp3) is 0.316. The van der Waals surface area contributed by atoms with E-state index in [1.165, 1.54) is 12.1 Å². The number of likely N-dealkylation sites (tertiary alicyclic amines) is 1. The Balaban J connectivity index is 1.88. The Hall–Kier alpha value is -2.89. The van der Waals surface area contributed by atoms with Gasteiger partial charge in [-0.1, -0.05) is 12.1 Å². The van der Waals surface area contributed by atoms with Gasteiger partial charge in [-0.25, -0.2) is 0 Å². The van der Waals surface area contributed by atoms with Gasteiger partial charge in [-0.15, -0.1) is 0 Å². The molecule has 1 amide bonds. The number of nitro benzene ring substituents is 1. The summed E-state index contributed by atoms with van der Waals surface area (Å²) in [6.07, 6.45) is 1.82. The second-order valence-electron chi connectivity index (χ2n) is 6.19. The third kappa shape index (κ3) is 3.33. The highest BCUT2D eigenvalue weighted by Gasteiger charge is 2.31. The zero-order valence-electron chi connectivity index (χ0n) is 14.3. The monoisotopic (exact) mass is 340 g/mol. The van der Waals surface area contributed by atoms with Gasteiger partial charge in [0, 0.05) is 23.7 Å². The van der Waals surface area contributed by atoms with E-state index in [1.807, 2.05) is 29.2 Å². The van der Waals surface area contributed by atoms with E-state index in [9.17, 15) is 14.9 Å². The smallest absolute Gasteiger partial charge is 0.272 e. The van der Waals surface area contributed by atoms with Crippen LogP contribution in [0, 0.1) is 17.0 Å². The summed E-state index contributed by atoms with van der Waals surface area (Å²) in [5.41, 5.74) is 2.05. The van der Waals surface area contributed by atoms with Crippen LogP contribution < -0.4 is 4.74 Å². The molecule has 0 radical (unpaired) electrons. The molecular weight excluding hydrogens is 320 g/mol. The second-order valence-corrected chi connectivity index (χ2v) is 6.19. The van der Waals surface area contributed by atoms with E-state index in [4.69, 9.17) is 4.74 Å². The molecule has 1 aliphatic heterocycles. The number of carbonyl (C=O) groups is 1. The van der Waals surface area contributed by atoms with Crippen LogP contribution in [-0.4, -0.2) is 29.4 Å². The fourth-order valence-electron chi connectivity index (χ4n) is 3.36. The summed E-state index contributed by atoms with van der Waals surface area (Å²) < 4.78 is 5.28. The number of benzene rings is 2.